The SMILES string of the molecule is CCc1cc(N2CCN(c3ccc(OC)cc3)CC2)nc(SCc2ccc(C(=O)N3CCCC3)cc2)n1. The van der Waals surface area contributed by atoms with Gasteiger partial charge in [0.05, 0.1) is 7.11 Å². The molecule has 0 bridgehead atoms. The monoisotopic (exact) mass is 517 g/mol. The Bertz CT molecular complexity index is 1190. The Morgan fingerprint density at radius 3 is 2.22 bits per heavy atom. The normalized spacial score (nSPS) is 15.8. The van der Waals surface area contributed by atoms with Crippen molar-refractivity contribution in [1.82, 2.24) is 14.9 Å². The van der Waals surface area contributed by atoms with E-state index in [4.69, 9.17) is 14.7 Å². The van der Waals surface area contributed by atoms with E-state index < -0.39 is 0 Å². The smallest absolute Gasteiger partial charge is 0.253 e. The van der Waals surface area contributed by atoms with Gasteiger partial charge in [-0.1, -0.05) is 30.8 Å². The molecule has 0 spiro atoms. The second-order valence-electron chi connectivity index (χ2n) is 9.51. The first-order valence-electron chi connectivity index (χ1n) is 13.2. The molecule has 1 amide bonds. The van der Waals surface area contributed by atoms with Gasteiger partial charge in [0, 0.05) is 68.0 Å². The molecular weight excluding hydrogens is 482 g/mol. The zero-order valence-electron chi connectivity index (χ0n) is 21.7. The maximum atomic E-state index is 12.6. The van der Waals surface area contributed by atoms with Gasteiger partial charge in [-0.15, -0.1) is 0 Å². The van der Waals surface area contributed by atoms with Crippen molar-refractivity contribution in [2.75, 3.05) is 56.2 Å². The Kier molecular flexibility index (Phi) is 8.14. The van der Waals surface area contributed by atoms with Gasteiger partial charge in [0.1, 0.15) is 11.6 Å². The predicted molar refractivity (Wildman–Crippen MR) is 150 cm³/mol. The van der Waals surface area contributed by atoms with E-state index >= 15 is 0 Å². The molecule has 0 unspecified atom stereocenters. The third kappa shape index (κ3) is 6.18. The van der Waals surface area contributed by atoms with Crippen molar-refractivity contribution in [3.63, 3.8) is 0 Å². The van der Waals surface area contributed by atoms with Crippen molar-refractivity contribution in [2.45, 2.75) is 37.1 Å². The van der Waals surface area contributed by atoms with Crippen molar-refractivity contribution < 1.29 is 9.53 Å². The minimum absolute atomic E-state index is 0.146. The number of ether oxygens (including phenoxy) is 1. The minimum Gasteiger partial charge on any atom is -0.497 e. The molecule has 2 aliphatic heterocycles. The summed E-state index contributed by atoms with van der Waals surface area (Å²) in [6.45, 7) is 7.62. The number of methoxy groups -OCH3 is 1. The number of carbonyl (C=O) groups is 1. The Labute approximate surface area is 223 Å². The standard InChI is InChI=1S/C29H35N5O2S/c1-3-24-20-27(33-18-16-32(17-19-33)25-10-12-26(36-2)13-11-25)31-29(30-24)37-21-22-6-8-23(9-7-22)28(35)34-14-4-5-15-34/h6-13,20H,3-5,14-19,21H2,1-2H3. The predicted octanol–water partition coefficient (Wildman–Crippen LogP) is 4.90. The van der Waals surface area contributed by atoms with Gasteiger partial charge in [-0.25, -0.2) is 9.97 Å². The summed E-state index contributed by atoms with van der Waals surface area (Å²) in [7, 11) is 1.70. The molecule has 194 valence electrons. The van der Waals surface area contributed by atoms with E-state index in [2.05, 4.69) is 47.1 Å². The van der Waals surface area contributed by atoms with Gasteiger partial charge in [0.25, 0.3) is 5.91 Å². The highest BCUT2D eigenvalue weighted by Gasteiger charge is 2.21. The summed E-state index contributed by atoms with van der Waals surface area (Å²) in [6.07, 6.45) is 3.09. The minimum atomic E-state index is 0.146. The third-order valence-corrected chi connectivity index (χ3v) is 8.03. The third-order valence-electron chi connectivity index (χ3n) is 7.11. The number of anilines is 2. The summed E-state index contributed by atoms with van der Waals surface area (Å²) in [6, 6.07) is 18.4. The van der Waals surface area contributed by atoms with E-state index in [-0.39, 0.29) is 5.91 Å². The van der Waals surface area contributed by atoms with Crippen LogP contribution < -0.4 is 14.5 Å². The van der Waals surface area contributed by atoms with Gasteiger partial charge >= 0.3 is 0 Å². The fourth-order valence-electron chi connectivity index (χ4n) is 4.85. The Morgan fingerprint density at radius 2 is 1.57 bits per heavy atom. The van der Waals surface area contributed by atoms with Gasteiger partial charge in [0.2, 0.25) is 0 Å². The molecule has 3 aromatic rings. The molecule has 5 rings (SSSR count). The molecular formula is C29H35N5O2S. The van der Waals surface area contributed by atoms with Crippen LogP contribution in [0.25, 0.3) is 0 Å². The molecule has 0 aliphatic carbocycles. The first kappa shape index (κ1) is 25.4. The second kappa shape index (κ2) is 11.9. The van der Waals surface area contributed by atoms with Crippen LogP contribution in [-0.4, -0.2) is 67.2 Å². The van der Waals surface area contributed by atoms with Crippen molar-refractivity contribution in [3.8, 4) is 5.75 Å². The number of thioether (sulfide) groups is 1. The van der Waals surface area contributed by atoms with Crippen LogP contribution in [0.15, 0.2) is 59.8 Å². The lowest BCUT2D eigenvalue weighted by molar-refractivity contribution is 0.0793. The Balaban J connectivity index is 1.20. The van der Waals surface area contributed by atoms with Crippen LogP contribution in [0.4, 0.5) is 11.5 Å². The first-order chi connectivity index (χ1) is 18.1. The van der Waals surface area contributed by atoms with Crippen LogP contribution in [0.3, 0.4) is 0 Å². The largest absolute Gasteiger partial charge is 0.497 e. The molecule has 0 atom stereocenters. The van der Waals surface area contributed by atoms with Crippen LogP contribution in [0.5, 0.6) is 5.75 Å². The van der Waals surface area contributed by atoms with Crippen molar-refractivity contribution in [1.29, 1.82) is 0 Å². The molecule has 3 heterocycles. The number of hydrogen-bond acceptors (Lipinski definition) is 7. The lowest BCUT2D eigenvalue weighted by Crippen LogP contribution is -2.46. The molecule has 0 N–H and O–H groups in total. The molecule has 37 heavy (non-hydrogen) atoms. The van der Waals surface area contributed by atoms with Gasteiger partial charge < -0.3 is 19.4 Å². The van der Waals surface area contributed by atoms with Gasteiger partial charge in [-0.05, 0) is 61.2 Å². The molecule has 2 aromatic carbocycles. The number of aryl methyl sites for hydroxylation is 1. The number of likely N-dealkylation sites (tertiary alicyclic amines) is 1. The molecule has 1 aromatic heterocycles. The fraction of sp³-hybridized carbons (Fsp3) is 0.414. The summed E-state index contributed by atoms with van der Waals surface area (Å²) in [5, 5.41) is 0.809. The van der Waals surface area contributed by atoms with Crippen molar-refractivity contribution in [3.05, 3.63) is 71.4 Å². The summed E-state index contributed by atoms with van der Waals surface area (Å²) in [4.78, 5) is 29.0. The van der Waals surface area contributed by atoms with Crippen molar-refractivity contribution in [2.24, 2.45) is 0 Å². The lowest BCUT2D eigenvalue weighted by Gasteiger charge is -2.37. The summed E-state index contributed by atoms with van der Waals surface area (Å²) in [5.41, 5.74) is 4.23. The lowest BCUT2D eigenvalue weighted by atomic mass is 10.1. The topological polar surface area (TPSA) is 61.8 Å². The number of benzene rings is 2. The molecule has 0 saturated carbocycles. The summed E-state index contributed by atoms with van der Waals surface area (Å²) >= 11 is 1.66. The van der Waals surface area contributed by atoms with E-state index in [0.717, 1.165) is 92.3 Å². The van der Waals surface area contributed by atoms with Crippen LogP contribution in [0, 0.1) is 0 Å². The maximum Gasteiger partial charge on any atom is 0.253 e. The van der Waals surface area contributed by atoms with Crippen LogP contribution in [-0.2, 0) is 12.2 Å². The number of carbonyl (C=O) groups excluding carboxylic acids is 1. The average Bonchev–Trinajstić information content (AvgIpc) is 3.51. The molecule has 2 fully saturated rings. The van der Waals surface area contributed by atoms with Crippen LogP contribution in [0.2, 0.25) is 0 Å². The summed E-state index contributed by atoms with van der Waals surface area (Å²) < 4.78 is 5.29. The van der Waals surface area contributed by atoms with Crippen LogP contribution in [0.1, 0.15) is 41.4 Å². The molecule has 2 saturated heterocycles. The van der Waals surface area contributed by atoms with Gasteiger partial charge in [-0.2, -0.15) is 0 Å². The molecule has 8 heteroatoms. The molecule has 2 aliphatic rings. The van der Waals surface area contributed by atoms with Gasteiger partial charge in [-0.3, -0.25) is 4.79 Å². The highest BCUT2D eigenvalue weighted by molar-refractivity contribution is 7.98. The maximum absolute atomic E-state index is 12.6. The van der Waals surface area contributed by atoms with Crippen LogP contribution >= 0.6 is 11.8 Å². The summed E-state index contributed by atoms with van der Waals surface area (Å²) in [5.74, 6) is 2.81. The van der Waals surface area contributed by atoms with E-state index in [1.807, 2.05) is 29.2 Å². The number of amides is 1. The highest BCUT2D eigenvalue weighted by atomic mass is 32.2. The van der Waals surface area contributed by atoms with E-state index in [1.54, 1.807) is 18.9 Å². The fourth-order valence-corrected chi connectivity index (χ4v) is 5.68. The van der Waals surface area contributed by atoms with Crippen molar-refractivity contribution >= 4 is 29.2 Å². The van der Waals surface area contributed by atoms with E-state index in [1.165, 1.54) is 11.3 Å². The number of rotatable bonds is 8. The van der Waals surface area contributed by atoms with Gasteiger partial charge in [0.15, 0.2) is 5.16 Å². The molecule has 0 radical (unpaired) electrons. The number of nitrogens with zero attached hydrogens (tertiary/aromatic N) is 5. The number of aromatic nitrogens is 2. The first-order valence-corrected chi connectivity index (χ1v) is 14.1. The highest BCUT2D eigenvalue weighted by Crippen LogP contribution is 2.26. The average molecular weight is 518 g/mol. The zero-order valence-corrected chi connectivity index (χ0v) is 22.5. The quantitative estimate of drug-likeness (QED) is 0.311. The Morgan fingerprint density at radius 1 is 0.892 bits per heavy atom. The molecule has 7 nitrogen and oxygen atoms in total. The zero-order chi connectivity index (χ0) is 25.6. The number of hydrogen-bond donors (Lipinski definition) is 0. The Hall–Kier alpha value is -3.26. The van der Waals surface area contributed by atoms with E-state index in [0.29, 0.717) is 0 Å². The second-order valence-corrected chi connectivity index (χ2v) is 10.5. The number of piperazine rings is 1. The van der Waals surface area contributed by atoms with E-state index in [9.17, 15) is 4.79 Å².